The van der Waals surface area contributed by atoms with E-state index in [1.807, 2.05) is 19.1 Å². The second kappa shape index (κ2) is 5.67. The molecule has 98 valence electrons. The largest absolute Gasteiger partial charge is 0.393 e. The van der Waals surface area contributed by atoms with Gasteiger partial charge in [-0.05, 0) is 44.7 Å². The van der Waals surface area contributed by atoms with Crippen molar-refractivity contribution in [3.05, 3.63) is 29.3 Å². The van der Waals surface area contributed by atoms with Crippen LogP contribution in [0.25, 0.3) is 0 Å². The van der Waals surface area contributed by atoms with Gasteiger partial charge in [0.25, 0.3) is 0 Å². The van der Waals surface area contributed by atoms with Crippen molar-refractivity contribution in [2.75, 3.05) is 5.32 Å². The van der Waals surface area contributed by atoms with Crippen molar-refractivity contribution in [2.24, 2.45) is 5.73 Å². The monoisotopic (exact) mass is 264 g/mol. The van der Waals surface area contributed by atoms with Crippen molar-refractivity contribution in [3.8, 4) is 0 Å². The van der Waals surface area contributed by atoms with Gasteiger partial charge < -0.3 is 16.2 Å². The maximum atomic E-state index is 9.50. The maximum Gasteiger partial charge on any atom is 0.106 e. The highest BCUT2D eigenvalue weighted by Gasteiger charge is 2.20. The van der Waals surface area contributed by atoms with E-state index in [1.54, 1.807) is 0 Å². The lowest BCUT2D eigenvalue weighted by Crippen LogP contribution is -2.29. The van der Waals surface area contributed by atoms with Crippen LogP contribution in [0.1, 0.15) is 36.8 Å². The van der Waals surface area contributed by atoms with E-state index in [1.165, 1.54) is 0 Å². The van der Waals surface area contributed by atoms with E-state index in [-0.39, 0.29) is 6.10 Å². The van der Waals surface area contributed by atoms with Gasteiger partial charge >= 0.3 is 0 Å². The van der Waals surface area contributed by atoms with Gasteiger partial charge in [-0.25, -0.2) is 0 Å². The number of hydrogen-bond donors (Lipinski definition) is 3. The first-order valence-corrected chi connectivity index (χ1v) is 6.82. The standard InChI is InChI=1S/C14H20N2OS/c1-9-2-7-13(12(8-9)14(15)18)16-10-3-5-11(17)6-4-10/h2,7-8,10-11,16-17H,3-6H2,1H3,(H2,15,18). The van der Waals surface area contributed by atoms with E-state index >= 15 is 0 Å². The van der Waals surface area contributed by atoms with Crippen LogP contribution >= 0.6 is 12.2 Å². The zero-order valence-corrected chi connectivity index (χ0v) is 11.5. The quantitative estimate of drug-likeness (QED) is 0.734. The second-order valence-corrected chi connectivity index (χ2v) is 5.50. The molecule has 1 fully saturated rings. The van der Waals surface area contributed by atoms with Gasteiger partial charge in [-0.15, -0.1) is 0 Å². The molecule has 1 aliphatic carbocycles. The molecule has 1 saturated carbocycles. The number of hydrogen-bond acceptors (Lipinski definition) is 3. The molecule has 4 N–H and O–H groups in total. The summed E-state index contributed by atoms with van der Waals surface area (Å²) in [5.41, 5.74) is 8.84. The summed E-state index contributed by atoms with van der Waals surface area (Å²) in [5, 5.41) is 13.0. The number of aryl methyl sites for hydroxylation is 1. The van der Waals surface area contributed by atoms with E-state index in [9.17, 15) is 5.11 Å². The fourth-order valence-electron chi connectivity index (χ4n) is 2.43. The van der Waals surface area contributed by atoms with Crippen LogP contribution in [0.4, 0.5) is 5.69 Å². The first kappa shape index (κ1) is 13.3. The van der Waals surface area contributed by atoms with Crippen LogP contribution in [0.5, 0.6) is 0 Å². The number of benzene rings is 1. The number of aliphatic hydroxyl groups excluding tert-OH is 1. The van der Waals surface area contributed by atoms with Gasteiger partial charge in [0.2, 0.25) is 0 Å². The summed E-state index contributed by atoms with van der Waals surface area (Å²) in [4.78, 5) is 0.428. The number of rotatable bonds is 3. The van der Waals surface area contributed by atoms with E-state index in [4.69, 9.17) is 18.0 Å². The fraction of sp³-hybridized carbons (Fsp3) is 0.500. The van der Waals surface area contributed by atoms with Gasteiger partial charge in [-0.1, -0.05) is 23.8 Å². The molecule has 4 heteroatoms. The summed E-state index contributed by atoms with van der Waals surface area (Å²) in [7, 11) is 0. The summed E-state index contributed by atoms with van der Waals surface area (Å²) < 4.78 is 0. The number of thiocarbonyl (C=S) groups is 1. The molecular formula is C14H20N2OS. The molecular weight excluding hydrogens is 244 g/mol. The molecule has 0 bridgehead atoms. The summed E-state index contributed by atoms with van der Waals surface area (Å²) in [6, 6.07) is 6.52. The molecule has 18 heavy (non-hydrogen) atoms. The van der Waals surface area contributed by atoms with Crippen LogP contribution < -0.4 is 11.1 Å². The Balaban J connectivity index is 2.11. The molecule has 0 atom stereocenters. The highest BCUT2D eigenvalue weighted by Crippen LogP contribution is 2.24. The molecule has 0 spiro atoms. The predicted molar refractivity (Wildman–Crippen MR) is 79.0 cm³/mol. The van der Waals surface area contributed by atoms with Crippen molar-refractivity contribution >= 4 is 22.9 Å². The average molecular weight is 264 g/mol. The first-order chi connectivity index (χ1) is 8.56. The Hall–Kier alpha value is -1.13. The summed E-state index contributed by atoms with van der Waals surface area (Å²) in [5.74, 6) is 0. The Bertz CT molecular complexity index is 439. The Morgan fingerprint density at radius 2 is 2.00 bits per heavy atom. The molecule has 2 rings (SSSR count). The molecule has 3 nitrogen and oxygen atoms in total. The Labute approximate surface area is 113 Å². The minimum absolute atomic E-state index is 0.129. The Kier molecular flexibility index (Phi) is 4.19. The van der Waals surface area contributed by atoms with Crippen molar-refractivity contribution in [3.63, 3.8) is 0 Å². The lowest BCUT2D eigenvalue weighted by atomic mass is 9.92. The fourth-order valence-corrected chi connectivity index (χ4v) is 2.60. The molecule has 0 saturated heterocycles. The van der Waals surface area contributed by atoms with Gasteiger partial charge in [-0.3, -0.25) is 0 Å². The normalized spacial score (nSPS) is 23.7. The Morgan fingerprint density at radius 3 is 2.61 bits per heavy atom. The van der Waals surface area contributed by atoms with Crippen LogP contribution in [0.3, 0.4) is 0 Å². The minimum Gasteiger partial charge on any atom is -0.393 e. The third-order valence-electron chi connectivity index (χ3n) is 3.50. The minimum atomic E-state index is -0.129. The summed E-state index contributed by atoms with van der Waals surface area (Å²) >= 11 is 5.09. The molecule has 1 aromatic carbocycles. The first-order valence-electron chi connectivity index (χ1n) is 6.41. The zero-order valence-electron chi connectivity index (χ0n) is 10.6. The number of nitrogens with two attached hydrogens (primary N) is 1. The number of anilines is 1. The molecule has 0 radical (unpaired) electrons. The van der Waals surface area contributed by atoms with Gasteiger partial charge in [0.05, 0.1) is 6.10 Å². The lowest BCUT2D eigenvalue weighted by molar-refractivity contribution is 0.126. The molecule has 1 aromatic rings. The highest BCUT2D eigenvalue weighted by molar-refractivity contribution is 7.80. The topological polar surface area (TPSA) is 58.3 Å². The van der Waals surface area contributed by atoms with E-state index < -0.39 is 0 Å². The third kappa shape index (κ3) is 3.21. The maximum absolute atomic E-state index is 9.50. The van der Waals surface area contributed by atoms with E-state index in [2.05, 4.69) is 11.4 Å². The van der Waals surface area contributed by atoms with Crippen molar-refractivity contribution in [1.29, 1.82) is 0 Å². The highest BCUT2D eigenvalue weighted by atomic mass is 32.1. The van der Waals surface area contributed by atoms with Crippen LogP contribution in [0, 0.1) is 6.92 Å². The van der Waals surface area contributed by atoms with E-state index in [0.717, 1.165) is 42.5 Å². The van der Waals surface area contributed by atoms with Crippen LogP contribution in [-0.4, -0.2) is 22.2 Å². The van der Waals surface area contributed by atoms with Gasteiger partial charge in [0.15, 0.2) is 0 Å². The average Bonchev–Trinajstić information content (AvgIpc) is 2.34. The molecule has 0 aromatic heterocycles. The SMILES string of the molecule is Cc1ccc(NC2CCC(O)CC2)c(C(N)=S)c1. The van der Waals surface area contributed by atoms with Gasteiger partial charge in [0, 0.05) is 17.3 Å². The van der Waals surface area contributed by atoms with Crippen LogP contribution in [-0.2, 0) is 0 Å². The lowest BCUT2D eigenvalue weighted by Gasteiger charge is -2.28. The second-order valence-electron chi connectivity index (χ2n) is 5.06. The summed E-state index contributed by atoms with van der Waals surface area (Å²) in [6.45, 7) is 2.03. The summed E-state index contributed by atoms with van der Waals surface area (Å²) in [6.07, 6.45) is 3.59. The molecule has 0 amide bonds. The van der Waals surface area contributed by atoms with Crippen LogP contribution in [0.2, 0.25) is 0 Å². The molecule has 0 aliphatic heterocycles. The zero-order chi connectivity index (χ0) is 13.1. The van der Waals surface area contributed by atoms with Crippen molar-refractivity contribution in [2.45, 2.75) is 44.8 Å². The molecule has 0 unspecified atom stereocenters. The van der Waals surface area contributed by atoms with Crippen molar-refractivity contribution in [1.82, 2.24) is 0 Å². The van der Waals surface area contributed by atoms with Crippen molar-refractivity contribution < 1.29 is 5.11 Å². The number of nitrogens with one attached hydrogen (secondary N) is 1. The predicted octanol–water partition coefficient (Wildman–Crippen LogP) is 2.34. The van der Waals surface area contributed by atoms with Gasteiger partial charge in [0.1, 0.15) is 4.99 Å². The van der Waals surface area contributed by atoms with Gasteiger partial charge in [-0.2, -0.15) is 0 Å². The van der Waals surface area contributed by atoms with E-state index in [0.29, 0.717) is 11.0 Å². The molecule has 1 aliphatic rings. The smallest absolute Gasteiger partial charge is 0.106 e. The third-order valence-corrected chi connectivity index (χ3v) is 3.72. The Morgan fingerprint density at radius 1 is 1.33 bits per heavy atom. The van der Waals surface area contributed by atoms with Crippen LogP contribution in [0.15, 0.2) is 18.2 Å². The molecule has 0 heterocycles. The number of aliphatic hydroxyl groups is 1.